The maximum Gasteiger partial charge on any atom is 0.219 e. The highest BCUT2D eigenvalue weighted by Gasteiger charge is 2.25. The zero-order chi connectivity index (χ0) is 27.4. The fraction of sp³-hybridized carbons (Fsp3) is 0.179. The van der Waals surface area contributed by atoms with E-state index < -0.39 is 17.4 Å². The van der Waals surface area contributed by atoms with Crippen LogP contribution in [0.3, 0.4) is 0 Å². The predicted octanol–water partition coefficient (Wildman–Crippen LogP) is 4.83. The lowest BCUT2D eigenvalue weighted by Gasteiger charge is -2.35. The van der Waals surface area contributed by atoms with Gasteiger partial charge in [0.05, 0.1) is 40.7 Å². The van der Waals surface area contributed by atoms with Crippen molar-refractivity contribution in [1.29, 1.82) is 0 Å². The van der Waals surface area contributed by atoms with Gasteiger partial charge in [-0.25, -0.2) is 18.4 Å². The molecule has 0 unspecified atom stereocenters. The number of carbonyl (C=O) groups excluding carboxylic acids is 1. The summed E-state index contributed by atoms with van der Waals surface area (Å²) in [7, 11) is 4.10. The molecule has 0 saturated heterocycles. The lowest BCUT2D eigenvalue weighted by Crippen LogP contribution is -2.36. The number of nitrogens with zero attached hydrogens (tertiary/aromatic N) is 5. The Labute approximate surface area is 222 Å². The largest absolute Gasteiger partial charge is 0.433 e. The van der Waals surface area contributed by atoms with E-state index in [-0.39, 0.29) is 23.0 Å². The van der Waals surface area contributed by atoms with Gasteiger partial charge in [0.15, 0.2) is 11.6 Å². The highest BCUT2D eigenvalue weighted by atomic mass is 19.1. The molecule has 4 heterocycles. The molecule has 5 aromatic rings. The standard InChI is InChI=1S/C28H25F2N7O2/c1-15-11-24(39-27-18(29)5-4-6-19(27)30)32-14-23(15)37-28(31)17(13-33-37)26(38)21-12-16-20(34-21)7-8-22-25(16)36(3)10-9-35(22)2/h4-8,11-14,34H,9-10,31H2,1-3H3. The van der Waals surface area contributed by atoms with Crippen LogP contribution in [0.2, 0.25) is 0 Å². The molecule has 0 fully saturated rings. The first kappa shape index (κ1) is 24.4. The molecular formula is C28H25F2N7O2. The Morgan fingerprint density at radius 1 is 1.03 bits per heavy atom. The second-order valence-electron chi connectivity index (χ2n) is 9.57. The lowest BCUT2D eigenvalue weighted by atomic mass is 10.1. The van der Waals surface area contributed by atoms with E-state index in [4.69, 9.17) is 10.5 Å². The molecule has 0 atom stereocenters. The number of likely N-dealkylation sites (N-methyl/N-ethyl adjacent to an activating group) is 2. The smallest absolute Gasteiger partial charge is 0.219 e. The first-order valence-corrected chi connectivity index (χ1v) is 12.3. The highest BCUT2D eigenvalue weighted by Crippen LogP contribution is 2.39. The summed E-state index contributed by atoms with van der Waals surface area (Å²) in [6.07, 6.45) is 2.83. The van der Waals surface area contributed by atoms with Gasteiger partial charge in [0.2, 0.25) is 17.4 Å². The number of H-pyrrole nitrogens is 1. The van der Waals surface area contributed by atoms with Gasteiger partial charge in [0.25, 0.3) is 0 Å². The van der Waals surface area contributed by atoms with Gasteiger partial charge >= 0.3 is 0 Å². The summed E-state index contributed by atoms with van der Waals surface area (Å²) in [6, 6.07) is 10.8. The second kappa shape index (κ2) is 9.12. The number of halogens is 2. The molecule has 0 radical (unpaired) electrons. The van der Waals surface area contributed by atoms with Gasteiger partial charge < -0.3 is 25.3 Å². The molecule has 3 aromatic heterocycles. The van der Waals surface area contributed by atoms with E-state index in [1.165, 1.54) is 29.2 Å². The number of aromatic nitrogens is 4. The number of nitrogens with two attached hydrogens (primary N) is 1. The third-order valence-corrected chi connectivity index (χ3v) is 7.03. The van der Waals surface area contributed by atoms with Crippen molar-refractivity contribution < 1.29 is 18.3 Å². The molecule has 198 valence electrons. The van der Waals surface area contributed by atoms with Crippen LogP contribution in [-0.2, 0) is 0 Å². The normalized spacial score (nSPS) is 13.2. The number of fused-ring (bicyclic) bond motifs is 3. The number of ether oxygens (including phenoxy) is 1. The van der Waals surface area contributed by atoms with Crippen molar-refractivity contribution in [3.63, 3.8) is 0 Å². The molecule has 39 heavy (non-hydrogen) atoms. The number of aromatic amines is 1. The zero-order valence-electron chi connectivity index (χ0n) is 21.5. The summed E-state index contributed by atoms with van der Waals surface area (Å²) in [5.41, 5.74) is 11.2. The number of ketones is 1. The summed E-state index contributed by atoms with van der Waals surface area (Å²) >= 11 is 0. The summed E-state index contributed by atoms with van der Waals surface area (Å²) in [5, 5.41) is 5.28. The van der Waals surface area contributed by atoms with Gasteiger partial charge in [0, 0.05) is 44.2 Å². The number of anilines is 3. The van der Waals surface area contributed by atoms with E-state index in [9.17, 15) is 13.6 Å². The van der Waals surface area contributed by atoms with Gasteiger partial charge in [-0.2, -0.15) is 5.10 Å². The van der Waals surface area contributed by atoms with Gasteiger partial charge in [-0.3, -0.25) is 4.79 Å². The van der Waals surface area contributed by atoms with Crippen molar-refractivity contribution >= 4 is 33.9 Å². The van der Waals surface area contributed by atoms with Crippen molar-refractivity contribution in [2.24, 2.45) is 0 Å². The SMILES string of the molecule is Cc1cc(Oc2c(F)cccc2F)ncc1-n1ncc(C(=O)c2cc3c4c(ccc3[nH]2)N(C)CCN4C)c1N. The number of nitrogen functional groups attached to an aromatic ring is 1. The summed E-state index contributed by atoms with van der Waals surface area (Å²) in [5.74, 6) is -2.38. The molecule has 0 spiro atoms. The number of benzene rings is 2. The van der Waals surface area contributed by atoms with E-state index in [0.717, 1.165) is 47.5 Å². The number of nitrogens with one attached hydrogen (secondary N) is 1. The Hall–Kier alpha value is -4.93. The number of hydrogen-bond acceptors (Lipinski definition) is 7. The fourth-order valence-electron chi connectivity index (χ4n) is 4.90. The Bertz CT molecular complexity index is 1740. The minimum Gasteiger partial charge on any atom is -0.433 e. The quantitative estimate of drug-likeness (QED) is 0.314. The summed E-state index contributed by atoms with van der Waals surface area (Å²) in [6.45, 7) is 3.55. The zero-order valence-corrected chi connectivity index (χ0v) is 21.5. The molecule has 11 heteroatoms. The average molecular weight is 530 g/mol. The molecule has 0 aliphatic carbocycles. The van der Waals surface area contributed by atoms with Crippen LogP contribution >= 0.6 is 0 Å². The van der Waals surface area contributed by atoms with Crippen LogP contribution < -0.4 is 20.3 Å². The molecule has 3 N–H and O–H groups in total. The van der Waals surface area contributed by atoms with E-state index in [1.54, 1.807) is 6.92 Å². The summed E-state index contributed by atoms with van der Waals surface area (Å²) in [4.78, 5) is 25.3. The number of aryl methyl sites for hydroxylation is 1. The number of rotatable bonds is 5. The lowest BCUT2D eigenvalue weighted by molar-refractivity contribution is 0.103. The van der Waals surface area contributed by atoms with Crippen molar-refractivity contribution in [2.45, 2.75) is 6.92 Å². The molecular weight excluding hydrogens is 504 g/mol. The van der Waals surface area contributed by atoms with E-state index in [0.29, 0.717) is 16.9 Å². The maximum absolute atomic E-state index is 14.0. The monoisotopic (exact) mass is 529 g/mol. The van der Waals surface area contributed by atoms with Crippen LogP contribution in [0.15, 0.2) is 54.9 Å². The predicted molar refractivity (Wildman–Crippen MR) is 145 cm³/mol. The van der Waals surface area contributed by atoms with Crippen molar-refractivity contribution in [1.82, 2.24) is 19.7 Å². The fourth-order valence-corrected chi connectivity index (χ4v) is 4.90. The summed E-state index contributed by atoms with van der Waals surface area (Å²) < 4.78 is 34.7. The molecule has 0 saturated carbocycles. The van der Waals surface area contributed by atoms with Crippen LogP contribution in [-0.4, -0.2) is 52.7 Å². The van der Waals surface area contributed by atoms with Crippen LogP contribution in [0.25, 0.3) is 16.6 Å². The van der Waals surface area contributed by atoms with E-state index in [2.05, 4.69) is 31.9 Å². The highest BCUT2D eigenvalue weighted by molar-refractivity contribution is 6.14. The van der Waals surface area contributed by atoms with Crippen LogP contribution in [0.5, 0.6) is 11.6 Å². The number of para-hydroxylation sites is 1. The Morgan fingerprint density at radius 2 is 1.77 bits per heavy atom. The van der Waals surface area contributed by atoms with Crippen molar-refractivity contribution in [3.8, 4) is 17.3 Å². The third kappa shape index (κ3) is 4.02. The van der Waals surface area contributed by atoms with Crippen LogP contribution in [0, 0.1) is 18.6 Å². The Kier molecular flexibility index (Phi) is 5.71. The van der Waals surface area contributed by atoms with Gasteiger partial charge in [-0.1, -0.05) is 6.07 Å². The minimum atomic E-state index is -0.839. The molecule has 1 aliphatic rings. The molecule has 9 nitrogen and oxygen atoms in total. The molecule has 2 aromatic carbocycles. The van der Waals surface area contributed by atoms with Crippen LogP contribution in [0.4, 0.5) is 26.0 Å². The van der Waals surface area contributed by atoms with Gasteiger partial charge in [0.1, 0.15) is 5.82 Å². The molecule has 6 rings (SSSR count). The van der Waals surface area contributed by atoms with Crippen LogP contribution in [0.1, 0.15) is 21.6 Å². The number of carbonyl (C=O) groups is 1. The van der Waals surface area contributed by atoms with Crippen molar-refractivity contribution in [2.75, 3.05) is 42.7 Å². The second-order valence-corrected chi connectivity index (χ2v) is 9.57. The van der Waals surface area contributed by atoms with Crippen molar-refractivity contribution in [3.05, 3.63) is 83.3 Å². The average Bonchev–Trinajstić information content (AvgIpc) is 3.52. The topological polar surface area (TPSA) is 105 Å². The first-order valence-electron chi connectivity index (χ1n) is 12.3. The number of hydrogen-bond donors (Lipinski definition) is 2. The maximum atomic E-state index is 14.0. The Morgan fingerprint density at radius 3 is 2.51 bits per heavy atom. The molecule has 1 aliphatic heterocycles. The minimum absolute atomic E-state index is 0.000650. The van der Waals surface area contributed by atoms with Gasteiger partial charge in [-0.15, -0.1) is 0 Å². The van der Waals surface area contributed by atoms with Gasteiger partial charge in [-0.05, 0) is 42.8 Å². The number of pyridine rings is 1. The molecule has 0 bridgehead atoms. The Balaban J connectivity index is 1.31. The van der Waals surface area contributed by atoms with E-state index >= 15 is 0 Å². The van der Waals surface area contributed by atoms with E-state index in [1.807, 2.05) is 25.2 Å². The third-order valence-electron chi connectivity index (χ3n) is 7.03. The first-order chi connectivity index (χ1) is 18.7. The molecule has 0 amide bonds.